The maximum Gasteiger partial charge on any atom is 0.306 e. The van der Waals surface area contributed by atoms with Crippen LogP contribution in [0.5, 0.6) is 0 Å². The van der Waals surface area contributed by atoms with Crippen LogP contribution in [-0.2, 0) is 28.6 Å². The van der Waals surface area contributed by atoms with Crippen LogP contribution in [0.15, 0.2) is 36.5 Å². The van der Waals surface area contributed by atoms with Crippen LogP contribution in [0, 0.1) is 0 Å². The van der Waals surface area contributed by atoms with E-state index in [4.69, 9.17) is 14.2 Å². The van der Waals surface area contributed by atoms with Gasteiger partial charge in [-0.05, 0) is 70.6 Å². The van der Waals surface area contributed by atoms with Crippen molar-refractivity contribution in [3.05, 3.63) is 36.5 Å². The molecule has 0 heterocycles. The van der Waals surface area contributed by atoms with Gasteiger partial charge in [0.1, 0.15) is 13.2 Å². The predicted molar refractivity (Wildman–Crippen MR) is 256 cm³/mol. The van der Waals surface area contributed by atoms with E-state index in [9.17, 15) is 14.4 Å². The molecule has 1 atom stereocenters. The second-order valence-electron chi connectivity index (χ2n) is 17.5. The standard InChI is InChI=1S/C54H98O6/c1-4-7-10-13-16-19-21-23-25-26-27-29-30-32-35-38-41-44-47-53(56)59-50-51(49-58-52(55)46-43-40-37-34-18-15-12-9-6-3)60-54(57)48-45-42-39-36-33-31-28-24-22-20-17-14-11-8-5-2/h20,22,25-27,29,51H,4-19,21,23-24,28,30-50H2,1-3H3/b22-20-,26-25-,29-27-. The SMILES string of the molecule is CCCCCC/C=C\CCCCCCCCCC(=O)OC(COC(=O)CCCCCCC/C=C\C=C/CCCCCCCCC)COC(=O)CCCCCCCCCCC. The minimum Gasteiger partial charge on any atom is -0.462 e. The summed E-state index contributed by atoms with van der Waals surface area (Å²) in [6.45, 7) is 6.60. The molecule has 0 radical (unpaired) electrons. The summed E-state index contributed by atoms with van der Waals surface area (Å²) in [7, 11) is 0. The molecular weight excluding hydrogens is 745 g/mol. The molecule has 0 aromatic rings. The van der Waals surface area contributed by atoms with Gasteiger partial charge in [0.2, 0.25) is 0 Å². The first-order valence-electron chi connectivity index (χ1n) is 26.0. The van der Waals surface area contributed by atoms with Crippen molar-refractivity contribution >= 4 is 17.9 Å². The average Bonchev–Trinajstić information content (AvgIpc) is 3.24. The average molecular weight is 843 g/mol. The summed E-state index contributed by atoms with van der Waals surface area (Å²) < 4.78 is 16.8. The fraction of sp³-hybridized carbons (Fsp3) is 0.833. The molecule has 0 aromatic heterocycles. The Hall–Kier alpha value is -2.37. The molecule has 0 N–H and O–H groups in total. The number of unbranched alkanes of at least 4 members (excludes halogenated alkanes) is 31. The van der Waals surface area contributed by atoms with Gasteiger partial charge in [-0.2, -0.15) is 0 Å². The van der Waals surface area contributed by atoms with Crippen molar-refractivity contribution in [2.75, 3.05) is 13.2 Å². The molecule has 1 unspecified atom stereocenters. The van der Waals surface area contributed by atoms with Crippen molar-refractivity contribution in [3.63, 3.8) is 0 Å². The van der Waals surface area contributed by atoms with E-state index >= 15 is 0 Å². The predicted octanol–water partition coefficient (Wildman–Crippen LogP) is 16.9. The highest BCUT2D eigenvalue weighted by Crippen LogP contribution is 2.15. The molecular formula is C54H98O6. The molecule has 6 nitrogen and oxygen atoms in total. The molecule has 60 heavy (non-hydrogen) atoms. The zero-order valence-corrected chi connectivity index (χ0v) is 40.0. The van der Waals surface area contributed by atoms with E-state index in [2.05, 4.69) is 57.2 Å². The minimum absolute atomic E-state index is 0.0766. The van der Waals surface area contributed by atoms with E-state index in [1.165, 1.54) is 154 Å². The van der Waals surface area contributed by atoms with Gasteiger partial charge in [-0.3, -0.25) is 14.4 Å². The largest absolute Gasteiger partial charge is 0.462 e. The van der Waals surface area contributed by atoms with Crippen molar-refractivity contribution in [3.8, 4) is 0 Å². The van der Waals surface area contributed by atoms with E-state index in [0.717, 1.165) is 77.0 Å². The van der Waals surface area contributed by atoms with Crippen molar-refractivity contribution in [1.82, 2.24) is 0 Å². The van der Waals surface area contributed by atoms with Gasteiger partial charge in [-0.25, -0.2) is 0 Å². The van der Waals surface area contributed by atoms with Gasteiger partial charge in [0.25, 0.3) is 0 Å². The number of ether oxygens (including phenoxy) is 3. The van der Waals surface area contributed by atoms with Crippen molar-refractivity contribution in [1.29, 1.82) is 0 Å². The van der Waals surface area contributed by atoms with Gasteiger partial charge in [-0.15, -0.1) is 0 Å². The first-order valence-corrected chi connectivity index (χ1v) is 26.0. The summed E-state index contributed by atoms with van der Waals surface area (Å²) in [5.74, 6) is -0.891. The Labute approximate surface area is 372 Å². The van der Waals surface area contributed by atoms with Crippen LogP contribution in [0.1, 0.15) is 271 Å². The quantitative estimate of drug-likeness (QED) is 0.0200. The van der Waals surface area contributed by atoms with Crippen LogP contribution in [-0.4, -0.2) is 37.2 Å². The lowest BCUT2D eigenvalue weighted by Gasteiger charge is -2.18. The molecule has 0 amide bonds. The number of carbonyl (C=O) groups is 3. The minimum atomic E-state index is -0.776. The van der Waals surface area contributed by atoms with Gasteiger partial charge >= 0.3 is 17.9 Å². The number of esters is 3. The second-order valence-corrected chi connectivity index (χ2v) is 17.5. The van der Waals surface area contributed by atoms with Gasteiger partial charge in [0.05, 0.1) is 0 Å². The van der Waals surface area contributed by atoms with Crippen LogP contribution in [0.2, 0.25) is 0 Å². The monoisotopic (exact) mass is 843 g/mol. The Balaban J connectivity index is 4.33. The number of hydrogen-bond donors (Lipinski definition) is 0. The molecule has 0 saturated heterocycles. The van der Waals surface area contributed by atoms with Crippen molar-refractivity contribution < 1.29 is 28.6 Å². The Bertz CT molecular complexity index is 1020. The number of carbonyl (C=O) groups excluding carboxylic acids is 3. The molecule has 0 fully saturated rings. The molecule has 0 aliphatic carbocycles. The van der Waals surface area contributed by atoms with Crippen molar-refractivity contribution in [2.24, 2.45) is 0 Å². The molecule has 0 aromatic carbocycles. The number of allylic oxidation sites excluding steroid dienone is 6. The highest BCUT2D eigenvalue weighted by Gasteiger charge is 2.19. The van der Waals surface area contributed by atoms with E-state index < -0.39 is 6.10 Å². The fourth-order valence-electron chi connectivity index (χ4n) is 7.43. The van der Waals surface area contributed by atoms with Gasteiger partial charge in [-0.1, -0.05) is 218 Å². The van der Waals surface area contributed by atoms with E-state index in [1.54, 1.807) is 0 Å². The maximum atomic E-state index is 12.8. The van der Waals surface area contributed by atoms with E-state index in [-0.39, 0.29) is 31.1 Å². The van der Waals surface area contributed by atoms with Crippen LogP contribution in [0.4, 0.5) is 0 Å². The molecule has 0 aliphatic rings. The molecule has 0 rings (SSSR count). The number of rotatable bonds is 47. The zero-order chi connectivity index (χ0) is 43.7. The Morgan fingerprint density at radius 1 is 0.333 bits per heavy atom. The Kier molecular flexibility index (Phi) is 47.3. The first kappa shape index (κ1) is 57.6. The maximum absolute atomic E-state index is 12.8. The Morgan fingerprint density at radius 3 is 0.950 bits per heavy atom. The van der Waals surface area contributed by atoms with E-state index in [0.29, 0.717) is 19.3 Å². The molecule has 0 aliphatic heterocycles. The normalized spacial score (nSPS) is 12.2. The highest BCUT2D eigenvalue weighted by atomic mass is 16.6. The third-order valence-electron chi connectivity index (χ3n) is 11.4. The molecule has 0 bridgehead atoms. The van der Waals surface area contributed by atoms with Crippen LogP contribution in [0.3, 0.4) is 0 Å². The smallest absolute Gasteiger partial charge is 0.306 e. The van der Waals surface area contributed by atoms with Crippen LogP contribution < -0.4 is 0 Å². The summed E-state index contributed by atoms with van der Waals surface area (Å²) in [4.78, 5) is 37.9. The second kappa shape index (κ2) is 49.3. The van der Waals surface area contributed by atoms with E-state index in [1.807, 2.05) is 0 Å². The summed E-state index contributed by atoms with van der Waals surface area (Å²) in [5.41, 5.74) is 0. The molecule has 0 spiro atoms. The summed E-state index contributed by atoms with van der Waals surface area (Å²) in [6.07, 6.45) is 57.0. The summed E-state index contributed by atoms with van der Waals surface area (Å²) >= 11 is 0. The summed E-state index contributed by atoms with van der Waals surface area (Å²) in [5, 5.41) is 0. The lowest BCUT2D eigenvalue weighted by Crippen LogP contribution is -2.30. The molecule has 350 valence electrons. The first-order chi connectivity index (χ1) is 29.5. The molecule has 0 saturated carbocycles. The summed E-state index contributed by atoms with van der Waals surface area (Å²) in [6, 6.07) is 0. The lowest BCUT2D eigenvalue weighted by atomic mass is 10.1. The van der Waals surface area contributed by atoms with Gasteiger partial charge in [0, 0.05) is 19.3 Å². The van der Waals surface area contributed by atoms with Crippen LogP contribution in [0.25, 0.3) is 0 Å². The van der Waals surface area contributed by atoms with Gasteiger partial charge in [0.15, 0.2) is 6.10 Å². The van der Waals surface area contributed by atoms with Crippen LogP contribution >= 0.6 is 0 Å². The molecule has 6 heteroatoms. The zero-order valence-electron chi connectivity index (χ0n) is 40.0. The topological polar surface area (TPSA) is 78.9 Å². The number of hydrogen-bond acceptors (Lipinski definition) is 6. The third kappa shape index (κ3) is 46.7. The van der Waals surface area contributed by atoms with Gasteiger partial charge < -0.3 is 14.2 Å². The highest BCUT2D eigenvalue weighted by molar-refractivity contribution is 5.71. The Morgan fingerprint density at radius 2 is 0.600 bits per heavy atom. The third-order valence-corrected chi connectivity index (χ3v) is 11.4. The fourth-order valence-corrected chi connectivity index (χ4v) is 7.43. The van der Waals surface area contributed by atoms with Crippen molar-refractivity contribution in [2.45, 2.75) is 277 Å². The lowest BCUT2D eigenvalue weighted by molar-refractivity contribution is -0.167.